The second-order valence-electron chi connectivity index (χ2n) is 5.23. The lowest BCUT2D eigenvalue weighted by molar-refractivity contribution is 0.127. The van der Waals surface area contributed by atoms with Crippen molar-refractivity contribution in [3.8, 4) is 0 Å². The lowest BCUT2D eigenvalue weighted by Gasteiger charge is -2.29. The Morgan fingerprint density at radius 3 is 2.38 bits per heavy atom. The average molecular weight is 336 g/mol. The smallest absolute Gasteiger partial charge is 0.249 e. The summed E-state index contributed by atoms with van der Waals surface area (Å²) in [6, 6.07) is 0. The monoisotopic (exact) mass is 336 g/mol. The molecule has 0 aliphatic rings. The normalized spacial score (nSPS) is 12.9. The van der Waals surface area contributed by atoms with E-state index in [1.807, 2.05) is 13.8 Å². The molecule has 7 nitrogen and oxygen atoms in total. The zero-order valence-corrected chi connectivity index (χ0v) is 14.5. The van der Waals surface area contributed by atoms with Gasteiger partial charge < -0.3 is 16.2 Å². The summed E-state index contributed by atoms with van der Waals surface area (Å²) in [6.45, 7) is 4.50. The standard InChI is InChI=1S/C12H24N4O3S2/c1-5-12(6-2,8-17)7-14-11-9(10(13)15-20-11)21(18,19)16(3)4/h14,17H,5-8H2,1-4H3,(H2,13,15). The molecule has 122 valence electrons. The summed E-state index contributed by atoms with van der Waals surface area (Å²) < 4.78 is 29.6. The van der Waals surface area contributed by atoms with Crippen molar-refractivity contribution >= 4 is 32.4 Å². The first kappa shape index (κ1) is 18.1. The largest absolute Gasteiger partial charge is 0.396 e. The molecule has 0 radical (unpaired) electrons. The minimum absolute atomic E-state index is 0.00112. The van der Waals surface area contributed by atoms with E-state index >= 15 is 0 Å². The third-order valence-electron chi connectivity index (χ3n) is 3.87. The average Bonchev–Trinajstić information content (AvgIpc) is 2.82. The number of nitrogens with zero attached hydrogens (tertiary/aromatic N) is 2. The Hall–Kier alpha value is -0.900. The van der Waals surface area contributed by atoms with Gasteiger partial charge in [-0.1, -0.05) is 13.8 Å². The molecule has 1 rings (SSSR count). The van der Waals surface area contributed by atoms with E-state index in [1.54, 1.807) is 0 Å². The van der Waals surface area contributed by atoms with Crippen LogP contribution in [0.2, 0.25) is 0 Å². The first-order valence-corrected chi connectivity index (χ1v) is 8.98. The molecule has 0 fully saturated rings. The number of nitrogen functional groups attached to an aromatic ring is 1. The van der Waals surface area contributed by atoms with Crippen LogP contribution in [0.4, 0.5) is 10.8 Å². The van der Waals surface area contributed by atoms with Crippen molar-refractivity contribution in [2.75, 3.05) is 38.3 Å². The van der Waals surface area contributed by atoms with Gasteiger partial charge in [0.2, 0.25) is 10.0 Å². The van der Waals surface area contributed by atoms with E-state index in [2.05, 4.69) is 9.69 Å². The van der Waals surface area contributed by atoms with Crippen LogP contribution in [0.5, 0.6) is 0 Å². The number of aliphatic hydroxyl groups excluding tert-OH is 1. The predicted octanol–water partition coefficient (Wildman–Crippen LogP) is 1.19. The summed E-state index contributed by atoms with van der Waals surface area (Å²) in [7, 11) is -0.750. The van der Waals surface area contributed by atoms with Crippen LogP contribution in [0, 0.1) is 5.41 Å². The maximum absolute atomic E-state index is 12.3. The second kappa shape index (κ2) is 6.91. The van der Waals surface area contributed by atoms with Crippen LogP contribution >= 0.6 is 11.5 Å². The highest BCUT2D eigenvalue weighted by molar-refractivity contribution is 7.89. The maximum atomic E-state index is 12.3. The molecule has 1 aromatic rings. The minimum Gasteiger partial charge on any atom is -0.396 e. The van der Waals surface area contributed by atoms with Crippen molar-refractivity contribution < 1.29 is 13.5 Å². The molecule has 21 heavy (non-hydrogen) atoms. The van der Waals surface area contributed by atoms with Crippen LogP contribution in [0.3, 0.4) is 0 Å². The summed E-state index contributed by atoms with van der Waals surface area (Å²) in [6.07, 6.45) is 1.58. The molecule has 0 bridgehead atoms. The van der Waals surface area contributed by atoms with Crippen LogP contribution in [0.1, 0.15) is 26.7 Å². The van der Waals surface area contributed by atoms with E-state index in [0.29, 0.717) is 11.5 Å². The summed E-state index contributed by atoms with van der Waals surface area (Å²) in [4.78, 5) is 0.0107. The van der Waals surface area contributed by atoms with Crippen LogP contribution in [-0.2, 0) is 10.0 Å². The fourth-order valence-electron chi connectivity index (χ4n) is 1.89. The van der Waals surface area contributed by atoms with Crippen LogP contribution in [0.15, 0.2) is 4.90 Å². The van der Waals surface area contributed by atoms with Crippen molar-refractivity contribution in [1.29, 1.82) is 0 Å². The zero-order chi connectivity index (χ0) is 16.3. The molecule has 0 aliphatic heterocycles. The molecule has 0 amide bonds. The van der Waals surface area contributed by atoms with Crippen LogP contribution < -0.4 is 11.1 Å². The Balaban J connectivity index is 3.08. The van der Waals surface area contributed by atoms with Crippen molar-refractivity contribution in [2.45, 2.75) is 31.6 Å². The molecule has 0 spiro atoms. The number of rotatable bonds is 8. The van der Waals surface area contributed by atoms with Crippen molar-refractivity contribution in [1.82, 2.24) is 8.68 Å². The fourth-order valence-corrected chi connectivity index (χ4v) is 3.96. The summed E-state index contributed by atoms with van der Waals surface area (Å²) in [5.74, 6) is -0.00112. The zero-order valence-electron chi connectivity index (χ0n) is 12.9. The van der Waals surface area contributed by atoms with E-state index in [1.165, 1.54) is 14.1 Å². The molecule has 0 unspecified atom stereocenters. The third kappa shape index (κ3) is 3.65. The van der Waals surface area contributed by atoms with Gasteiger partial charge in [-0.2, -0.15) is 4.37 Å². The van der Waals surface area contributed by atoms with E-state index in [4.69, 9.17) is 5.73 Å². The summed E-state index contributed by atoms with van der Waals surface area (Å²) in [5, 5.41) is 13.1. The van der Waals surface area contributed by atoms with Crippen LogP contribution in [0.25, 0.3) is 0 Å². The van der Waals surface area contributed by atoms with Gasteiger partial charge in [0.15, 0.2) is 10.7 Å². The molecule has 0 aliphatic carbocycles. The topological polar surface area (TPSA) is 109 Å². The maximum Gasteiger partial charge on any atom is 0.249 e. The Kier molecular flexibility index (Phi) is 5.97. The Bertz CT molecular complexity index is 557. The van der Waals surface area contributed by atoms with Gasteiger partial charge in [0.25, 0.3) is 0 Å². The number of sulfonamides is 1. The number of nitrogens with one attached hydrogen (secondary N) is 1. The number of anilines is 2. The highest BCUT2D eigenvalue weighted by atomic mass is 32.2. The van der Waals surface area contributed by atoms with Crippen molar-refractivity contribution in [2.24, 2.45) is 5.41 Å². The van der Waals surface area contributed by atoms with E-state index in [0.717, 1.165) is 28.7 Å². The summed E-state index contributed by atoms with van der Waals surface area (Å²) in [5.41, 5.74) is 5.43. The van der Waals surface area contributed by atoms with E-state index in [-0.39, 0.29) is 22.7 Å². The SMILES string of the molecule is CCC(CC)(CO)CNc1snc(N)c1S(=O)(=O)N(C)C. The number of aliphatic hydroxyl groups is 1. The lowest BCUT2D eigenvalue weighted by Crippen LogP contribution is -2.32. The Labute approximate surface area is 130 Å². The molecule has 1 aromatic heterocycles. The number of hydrogen-bond acceptors (Lipinski definition) is 7. The molecule has 1 heterocycles. The first-order valence-electron chi connectivity index (χ1n) is 6.76. The quantitative estimate of drug-likeness (QED) is 0.658. The molecule has 0 atom stereocenters. The molecule has 9 heteroatoms. The number of aromatic nitrogens is 1. The number of hydrogen-bond donors (Lipinski definition) is 3. The summed E-state index contributed by atoms with van der Waals surface area (Å²) >= 11 is 1.02. The van der Waals surface area contributed by atoms with Gasteiger partial charge in [-0.3, -0.25) is 0 Å². The highest BCUT2D eigenvalue weighted by Gasteiger charge is 2.30. The molecule has 0 aromatic carbocycles. The second-order valence-corrected chi connectivity index (χ2v) is 8.09. The lowest BCUT2D eigenvalue weighted by atomic mass is 9.83. The van der Waals surface area contributed by atoms with Crippen LogP contribution in [-0.4, -0.2) is 49.5 Å². The van der Waals surface area contributed by atoms with Gasteiger partial charge in [0, 0.05) is 26.1 Å². The Morgan fingerprint density at radius 1 is 1.38 bits per heavy atom. The van der Waals surface area contributed by atoms with Crippen molar-refractivity contribution in [3.63, 3.8) is 0 Å². The van der Waals surface area contributed by atoms with Gasteiger partial charge in [0.1, 0.15) is 5.00 Å². The predicted molar refractivity (Wildman–Crippen MR) is 86.0 cm³/mol. The molecular formula is C12H24N4O3S2. The van der Waals surface area contributed by atoms with E-state index in [9.17, 15) is 13.5 Å². The molecular weight excluding hydrogens is 312 g/mol. The Morgan fingerprint density at radius 2 is 1.95 bits per heavy atom. The highest BCUT2D eigenvalue weighted by Crippen LogP contribution is 2.34. The molecule has 0 saturated carbocycles. The van der Waals surface area contributed by atoms with Crippen molar-refractivity contribution in [3.05, 3.63) is 0 Å². The number of nitrogens with two attached hydrogens (primary N) is 1. The van der Waals surface area contributed by atoms with Gasteiger partial charge >= 0.3 is 0 Å². The van der Waals surface area contributed by atoms with Gasteiger partial charge in [0.05, 0.1) is 6.61 Å². The molecule has 4 N–H and O–H groups in total. The van der Waals surface area contributed by atoms with Gasteiger partial charge in [-0.25, -0.2) is 12.7 Å². The van der Waals surface area contributed by atoms with Gasteiger partial charge in [-0.05, 0) is 24.4 Å². The minimum atomic E-state index is -3.65. The molecule has 0 saturated heterocycles. The van der Waals surface area contributed by atoms with Gasteiger partial charge in [-0.15, -0.1) is 0 Å². The van der Waals surface area contributed by atoms with E-state index < -0.39 is 10.0 Å². The first-order chi connectivity index (χ1) is 9.74. The third-order valence-corrected chi connectivity index (χ3v) is 6.71. The fraction of sp³-hybridized carbons (Fsp3) is 0.750.